The van der Waals surface area contributed by atoms with Crippen molar-refractivity contribution in [1.29, 1.82) is 0 Å². The summed E-state index contributed by atoms with van der Waals surface area (Å²) in [6.45, 7) is 10.6. The minimum absolute atomic E-state index is 0.0656. The van der Waals surface area contributed by atoms with E-state index in [0.717, 1.165) is 30.8 Å². The lowest BCUT2D eigenvalue weighted by atomic mass is 9.97. The summed E-state index contributed by atoms with van der Waals surface area (Å²) in [5, 5.41) is 11.2. The summed E-state index contributed by atoms with van der Waals surface area (Å²) in [6.07, 6.45) is 0.800. The quantitative estimate of drug-likeness (QED) is 0.403. The molecule has 32 heavy (non-hydrogen) atoms. The van der Waals surface area contributed by atoms with E-state index in [-0.39, 0.29) is 17.4 Å². The van der Waals surface area contributed by atoms with Gasteiger partial charge in [-0.2, -0.15) is 0 Å². The zero-order chi connectivity index (χ0) is 23.0. The minimum Gasteiger partial charge on any atom is -0.507 e. The first-order valence-corrected chi connectivity index (χ1v) is 11.2. The second-order valence-corrected chi connectivity index (χ2v) is 8.42. The molecule has 1 saturated heterocycles. The Bertz CT molecular complexity index is 1070. The van der Waals surface area contributed by atoms with Crippen LogP contribution in [0, 0.1) is 6.92 Å². The lowest BCUT2D eigenvalue weighted by molar-refractivity contribution is -0.140. The lowest BCUT2D eigenvalue weighted by Gasteiger charge is -2.26. The number of aryl methyl sites for hydroxylation is 1. The number of likely N-dealkylation sites (tertiary alicyclic amines) is 1. The maximum Gasteiger partial charge on any atom is 0.295 e. The van der Waals surface area contributed by atoms with Crippen molar-refractivity contribution in [2.24, 2.45) is 0 Å². The number of aliphatic hydroxyl groups excluding tert-OH is 1. The van der Waals surface area contributed by atoms with Gasteiger partial charge in [0.15, 0.2) is 0 Å². The molecule has 0 aliphatic carbocycles. The molecule has 2 aliphatic heterocycles. The van der Waals surface area contributed by atoms with Crippen LogP contribution < -0.4 is 4.74 Å². The number of ether oxygens (including phenoxy) is 1. The summed E-state index contributed by atoms with van der Waals surface area (Å²) in [7, 11) is 0. The highest BCUT2D eigenvalue weighted by Crippen LogP contribution is 2.41. The number of carbonyl (C=O) groups excluding carboxylic acids is 2. The predicted molar refractivity (Wildman–Crippen MR) is 120 cm³/mol. The van der Waals surface area contributed by atoms with Gasteiger partial charge in [-0.1, -0.05) is 13.8 Å². The monoisotopic (exact) mass is 438 g/mol. The van der Waals surface area contributed by atoms with Crippen LogP contribution in [0.2, 0.25) is 0 Å². The summed E-state index contributed by atoms with van der Waals surface area (Å²) >= 11 is 0. The van der Waals surface area contributed by atoms with Gasteiger partial charge in [0, 0.05) is 25.1 Å². The van der Waals surface area contributed by atoms with Gasteiger partial charge in [-0.3, -0.25) is 9.59 Å². The second kappa shape index (κ2) is 8.82. The summed E-state index contributed by atoms with van der Waals surface area (Å²) in [6, 6.07) is 8.16. The molecule has 1 N–H and O–H groups in total. The fraction of sp³-hybridized carbons (Fsp3) is 0.440. The van der Waals surface area contributed by atoms with Crippen molar-refractivity contribution in [3.05, 3.63) is 58.6 Å². The molecule has 1 aromatic carbocycles. The SMILES string of the molecule is CCN(CC)CCN1C(=O)C(=O)/C(=C(/O)c2ccc3c(c2)C[C@@H](C)O3)[C@@H]1c1ccc(C)o1. The molecule has 1 fully saturated rings. The van der Waals surface area contributed by atoms with Crippen molar-refractivity contribution >= 4 is 17.4 Å². The maximum absolute atomic E-state index is 13.1. The molecule has 1 amide bonds. The van der Waals surface area contributed by atoms with E-state index in [0.29, 0.717) is 30.2 Å². The van der Waals surface area contributed by atoms with Crippen LogP contribution in [0.25, 0.3) is 5.76 Å². The Morgan fingerprint density at radius 2 is 1.94 bits per heavy atom. The summed E-state index contributed by atoms with van der Waals surface area (Å²) in [4.78, 5) is 29.8. The number of benzene rings is 1. The fourth-order valence-electron chi connectivity index (χ4n) is 4.52. The molecule has 0 spiro atoms. The molecule has 3 heterocycles. The number of carbonyl (C=O) groups is 2. The number of amides is 1. The van der Waals surface area contributed by atoms with Crippen molar-refractivity contribution < 1.29 is 23.8 Å². The van der Waals surface area contributed by atoms with E-state index in [1.54, 1.807) is 24.3 Å². The van der Waals surface area contributed by atoms with Crippen LogP contribution in [0.1, 0.15) is 49.5 Å². The fourth-order valence-corrected chi connectivity index (χ4v) is 4.52. The number of furan rings is 1. The van der Waals surface area contributed by atoms with Crippen molar-refractivity contribution in [3.63, 3.8) is 0 Å². The van der Waals surface area contributed by atoms with E-state index >= 15 is 0 Å². The van der Waals surface area contributed by atoms with Gasteiger partial charge in [0.05, 0.1) is 5.57 Å². The molecule has 0 bridgehead atoms. The van der Waals surface area contributed by atoms with E-state index in [1.165, 1.54) is 4.90 Å². The number of Topliss-reactive ketones (excluding diaryl/α,β-unsaturated/α-hetero) is 1. The normalized spacial score (nSPS) is 22.0. The van der Waals surface area contributed by atoms with E-state index in [2.05, 4.69) is 18.7 Å². The first-order chi connectivity index (χ1) is 15.3. The average Bonchev–Trinajstić information content (AvgIpc) is 3.44. The highest BCUT2D eigenvalue weighted by molar-refractivity contribution is 6.46. The molecule has 0 radical (unpaired) electrons. The number of rotatable bonds is 7. The molecule has 170 valence electrons. The standard InChI is InChI=1S/C25H30N2O5/c1-5-26(6-2)11-12-27-22(20-9-7-15(3)31-20)21(24(29)25(27)30)23(28)17-8-10-19-18(14-17)13-16(4)32-19/h7-10,14,16,22,28H,5-6,11-13H2,1-4H3/b23-21+/t16-,22+/m1/s1. The van der Waals surface area contributed by atoms with Gasteiger partial charge in [-0.05, 0) is 62.8 Å². The van der Waals surface area contributed by atoms with Crippen molar-refractivity contribution in [2.45, 2.75) is 46.3 Å². The first-order valence-electron chi connectivity index (χ1n) is 11.2. The number of aliphatic hydroxyl groups is 1. The zero-order valence-electron chi connectivity index (χ0n) is 19.1. The van der Waals surface area contributed by atoms with Gasteiger partial charge in [0.2, 0.25) is 0 Å². The van der Waals surface area contributed by atoms with Gasteiger partial charge in [-0.25, -0.2) is 0 Å². The molecule has 0 unspecified atom stereocenters. The van der Waals surface area contributed by atoms with Crippen molar-refractivity contribution in [3.8, 4) is 5.75 Å². The van der Waals surface area contributed by atoms with Crippen molar-refractivity contribution in [2.75, 3.05) is 26.2 Å². The van der Waals surface area contributed by atoms with Crippen LogP contribution in [-0.2, 0) is 16.0 Å². The summed E-state index contributed by atoms with van der Waals surface area (Å²) < 4.78 is 11.6. The number of likely N-dealkylation sites (N-methyl/N-ethyl adjacent to an activating group) is 1. The van der Waals surface area contributed by atoms with Crippen LogP contribution in [0.3, 0.4) is 0 Å². The molecule has 7 nitrogen and oxygen atoms in total. The van der Waals surface area contributed by atoms with Gasteiger partial charge < -0.3 is 24.1 Å². The van der Waals surface area contributed by atoms with Gasteiger partial charge in [0.25, 0.3) is 11.7 Å². The molecule has 4 rings (SSSR count). The topological polar surface area (TPSA) is 83.2 Å². The zero-order valence-corrected chi connectivity index (χ0v) is 19.1. The third-order valence-corrected chi connectivity index (χ3v) is 6.29. The molecule has 7 heteroatoms. The third-order valence-electron chi connectivity index (χ3n) is 6.29. The molecular formula is C25H30N2O5. The predicted octanol–water partition coefficient (Wildman–Crippen LogP) is 3.67. The number of fused-ring (bicyclic) bond motifs is 1. The Kier molecular flexibility index (Phi) is 6.11. The molecule has 0 saturated carbocycles. The minimum atomic E-state index is -0.761. The average molecular weight is 439 g/mol. The summed E-state index contributed by atoms with van der Waals surface area (Å²) in [5.74, 6) is 0.447. The van der Waals surface area contributed by atoms with E-state index in [4.69, 9.17) is 9.15 Å². The highest BCUT2D eigenvalue weighted by atomic mass is 16.5. The molecule has 2 aliphatic rings. The molecule has 2 atom stereocenters. The Morgan fingerprint density at radius 1 is 1.19 bits per heavy atom. The Labute approximate surface area is 188 Å². The third kappa shape index (κ3) is 3.93. The number of ketones is 1. The number of hydrogen-bond acceptors (Lipinski definition) is 6. The second-order valence-electron chi connectivity index (χ2n) is 8.42. The van der Waals surface area contributed by atoms with Gasteiger partial charge >= 0.3 is 0 Å². The maximum atomic E-state index is 13.1. The van der Waals surface area contributed by atoms with Gasteiger partial charge in [-0.15, -0.1) is 0 Å². The Morgan fingerprint density at radius 3 is 2.59 bits per heavy atom. The lowest BCUT2D eigenvalue weighted by Crippen LogP contribution is -2.37. The van der Waals surface area contributed by atoms with E-state index in [9.17, 15) is 14.7 Å². The van der Waals surface area contributed by atoms with Crippen LogP contribution >= 0.6 is 0 Å². The van der Waals surface area contributed by atoms with Crippen LogP contribution in [0.4, 0.5) is 0 Å². The van der Waals surface area contributed by atoms with E-state index in [1.807, 2.05) is 19.9 Å². The highest BCUT2D eigenvalue weighted by Gasteiger charge is 2.47. The van der Waals surface area contributed by atoms with Crippen LogP contribution in [0.5, 0.6) is 5.75 Å². The molecule has 2 aromatic rings. The number of hydrogen-bond donors (Lipinski definition) is 1. The number of nitrogens with zero attached hydrogens (tertiary/aromatic N) is 2. The Hall–Kier alpha value is -3.06. The Balaban J connectivity index is 1.76. The van der Waals surface area contributed by atoms with E-state index < -0.39 is 17.7 Å². The van der Waals surface area contributed by atoms with Gasteiger partial charge in [0.1, 0.15) is 35.2 Å². The van der Waals surface area contributed by atoms with Crippen LogP contribution in [0.15, 0.2) is 40.3 Å². The molecule has 1 aromatic heterocycles. The summed E-state index contributed by atoms with van der Waals surface area (Å²) in [5.41, 5.74) is 1.54. The van der Waals surface area contributed by atoms with Crippen molar-refractivity contribution in [1.82, 2.24) is 9.80 Å². The molecular weight excluding hydrogens is 408 g/mol. The first kappa shape index (κ1) is 22.1. The largest absolute Gasteiger partial charge is 0.507 e. The smallest absolute Gasteiger partial charge is 0.295 e. The van der Waals surface area contributed by atoms with Crippen LogP contribution in [-0.4, -0.2) is 58.9 Å².